The third kappa shape index (κ3) is 14.2. The molecule has 2 saturated heterocycles. The van der Waals surface area contributed by atoms with Crippen LogP contribution in [0.15, 0.2) is 5.38 Å². The average molecular weight is 731 g/mol. The number of aliphatic hydroxyl groups excluding tert-OH is 1. The topological polar surface area (TPSA) is 171 Å². The molecule has 13 nitrogen and oxygen atoms in total. The molecule has 1 aromatic rings. The van der Waals surface area contributed by atoms with Crippen molar-refractivity contribution in [3.8, 4) is 0 Å². The molecule has 0 saturated carbocycles. The van der Waals surface area contributed by atoms with Gasteiger partial charge in [0.05, 0.1) is 16.6 Å². The van der Waals surface area contributed by atoms with Crippen molar-refractivity contribution in [3.63, 3.8) is 0 Å². The van der Waals surface area contributed by atoms with E-state index in [9.17, 15) is 19.2 Å². The van der Waals surface area contributed by atoms with Gasteiger partial charge in [0.25, 0.3) is 0 Å². The number of ether oxygens (including phenoxy) is 4. The van der Waals surface area contributed by atoms with Gasteiger partial charge in [0.15, 0.2) is 5.79 Å². The van der Waals surface area contributed by atoms with Crippen molar-refractivity contribution in [3.05, 3.63) is 16.1 Å². The molecule has 4 unspecified atom stereocenters. The Morgan fingerprint density at radius 1 is 0.939 bits per heavy atom. The van der Waals surface area contributed by atoms with Gasteiger partial charge in [-0.25, -0.2) is 14.6 Å². The largest absolute Gasteiger partial charge is 0.458 e. The number of aromatic nitrogens is 1. The second-order valence-corrected chi connectivity index (χ2v) is 15.6. The van der Waals surface area contributed by atoms with Crippen LogP contribution in [0.3, 0.4) is 0 Å². The lowest BCUT2D eigenvalue weighted by molar-refractivity contribution is -0.213. The summed E-state index contributed by atoms with van der Waals surface area (Å²) in [6.45, 7) is 19.1. The fraction of sp³-hybridized carbons (Fsp3) is 0.765. The van der Waals surface area contributed by atoms with Gasteiger partial charge in [-0.3, -0.25) is 9.59 Å². The summed E-state index contributed by atoms with van der Waals surface area (Å²) in [5.41, 5.74) is 5.45. The number of aliphatic hydroxyl groups is 1. The molecule has 2 fully saturated rings. The van der Waals surface area contributed by atoms with E-state index in [-0.39, 0.29) is 48.6 Å². The summed E-state index contributed by atoms with van der Waals surface area (Å²) in [7, 11) is 2.97. The predicted molar refractivity (Wildman–Crippen MR) is 192 cm³/mol. The highest BCUT2D eigenvalue weighted by Crippen LogP contribution is 2.32. The molecule has 2 amide bonds. The summed E-state index contributed by atoms with van der Waals surface area (Å²) in [6, 6.07) is -1.05. The van der Waals surface area contributed by atoms with Crippen molar-refractivity contribution < 1.29 is 43.2 Å². The average Bonchev–Trinajstić information content (AvgIpc) is 3.71. The van der Waals surface area contributed by atoms with Gasteiger partial charge in [0.1, 0.15) is 23.3 Å². The molecule has 3 N–H and O–H groups in total. The number of methoxy groups -OCH3 is 2. The minimum Gasteiger partial charge on any atom is -0.458 e. The number of hydrogen-bond donors (Lipinski definition) is 2. The Balaban J connectivity index is 0.000000406. The third-order valence-corrected chi connectivity index (χ3v) is 9.20. The first-order chi connectivity index (χ1) is 22.5. The highest BCUT2D eigenvalue weighted by atomic mass is 32.1. The van der Waals surface area contributed by atoms with Crippen LogP contribution in [0.5, 0.6) is 0 Å². The quantitative estimate of drug-likeness (QED) is 0.190. The number of hydrogen-bond acceptors (Lipinski definition) is 12. The standard InChI is InChI=1S/C16H24N2O3S.C13H22N2O3S.C5H12O3/c1-6-12(15(20)21-16(3,4)5)18-8-11(7-13(18)19)14-17-10(2)9-22-14;1-5-9(12(17)18-13(2,3)4)15-7-8(11(14)19)6-10(15)16;1-5(4-6,7-2)8-3/h9,11-12H,6-8H2,1-5H3;8-9H,5-7H2,1-4H3,(H2,14,19);6H,4H2,1-3H3. The molecular formula is C34H58N4O9S2. The van der Waals surface area contributed by atoms with E-state index in [2.05, 4.69) is 4.98 Å². The zero-order valence-corrected chi connectivity index (χ0v) is 32.9. The van der Waals surface area contributed by atoms with Crippen molar-refractivity contribution in [1.29, 1.82) is 0 Å². The minimum atomic E-state index is -0.819. The number of esters is 2. The van der Waals surface area contributed by atoms with Crippen LogP contribution in [0.4, 0.5) is 0 Å². The molecule has 0 aromatic carbocycles. The number of thiocarbonyl (C=S) groups is 1. The number of amides is 2. The maximum Gasteiger partial charge on any atom is 0.329 e. The molecule has 3 heterocycles. The second-order valence-electron chi connectivity index (χ2n) is 14.2. The fourth-order valence-corrected chi connectivity index (χ4v) is 6.01. The summed E-state index contributed by atoms with van der Waals surface area (Å²) in [5, 5.41) is 11.5. The van der Waals surface area contributed by atoms with Crippen molar-refractivity contribution in [2.24, 2.45) is 11.7 Å². The van der Waals surface area contributed by atoms with Crippen molar-refractivity contribution >= 4 is 52.3 Å². The zero-order chi connectivity index (χ0) is 37.9. The van der Waals surface area contributed by atoms with Crippen LogP contribution in [0.1, 0.15) is 105 Å². The molecule has 49 heavy (non-hydrogen) atoms. The van der Waals surface area contributed by atoms with E-state index in [1.165, 1.54) is 19.1 Å². The predicted octanol–water partition coefficient (Wildman–Crippen LogP) is 4.12. The summed E-state index contributed by atoms with van der Waals surface area (Å²) in [4.78, 5) is 56.8. The van der Waals surface area contributed by atoms with E-state index < -0.39 is 29.1 Å². The van der Waals surface area contributed by atoms with Gasteiger partial charge in [-0.2, -0.15) is 0 Å². The Morgan fingerprint density at radius 2 is 1.39 bits per heavy atom. The summed E-state index contributed by atoms with van der Waals surface area (Å²) in [5.74, 6) is -1.64. The molecule has 2 aliphatic rings. The van der Waals surface area contributed by atoms with E-state index in [1.54, 1.807) is 43.9 Å². The number of nitrogens with two attached hydrogens (primary N) is 1. The van der Waals surface area contributed by atoms with Crippen LogP contribution >= 0.6 is 23.6 Å². The van der Waals surface area contributed by atoms with E-state index in [4.69, 9.17) is 42.0 Å². The number of nitrogens with zero attached hydrogens (tertiary/aromatic N) is 3. The lowest BCUT2D eigenvalue weighted by Gasteiger charge is -2.29. The highest BCUT2D eigenvalue weighted by molar-refractivity contribution is 7.80. The summed E-state index contributed by atoms with van der Waals surface area (Å²) < 4.78 is 20.3. The molecule has 0 bridgehead atoms. The Kier molecular flexibility index (Phi) is 17.2. The normalized spacial score (nSPS) is 19.4. The Labute approximate surface area is 301 Å². The van der Waals surface area contributed by atoms with Crippen LogP contribution in [0.25, 0.3) is 0 Å². The lowest BCUT2D eigenvalue weighted by atomic mass is 10.1. The van der Waals surface area contributed by atoms with E-state index in [0.29, 0.717) is 37.3 Å². The van der Waals surface area contributed by atoms with Gasteiger partial charge in [0.2, 0.25) is 11.8 Å². The maximum absolute atomic E-state index is 12.3. The molecule has 3 rings (SSSR count). The van der Waals surface area contributed by atoms with E-state index in [0.717, 1.165) is 10.7 Å². The SMILES string of the molecule is CCC(C(=O)OC(C)(C)C)N1CC(C(N)=S)CC1=O.CCC(C(=O)OC(C)(C)C)N1CC(c2nc(C)cs2)CC1=O.COC(C)(CO)OC. The first-order valence-electron chi connectivity index (χ1n) is 16.5. The number of carbonyl (C=O) groups is 4. The minimum absolute atomic E-state index is 0.00978. The van der Waals surface area contributed by atoms with Crippen molar-refractivity contribution in [1.82, 2.24) is 14.8 Å². The third-order valence-electron chi connectivity index (χ3n) is 7.74. The highest BCUT2D eigenvalue weighted by Gasteiger charge is 2.41. The molecule has 0 aliphatic carbocycles. The molecule has 0 radical (unpaired) electrons. The van der Waals surface area contributed by atoms with E-state index >= 15 is 0 Å². The molecule has 15 heteroatoms. The molecule has 0 spiro atoms. The van der Waals surface area contributed by atoms with Gasteiger partial charge in [0, 0.05) is 63.1 Å². The summed E-state index contributed by atoms with van der Waals surface area (Å²) >= 11 is 6.50. The molecular weight excluding hydrogens is 673 g/mol. The summed E-state index contributed by atoms with van der Waals surface area (Å²) in [6.07, 6.45) is 1.79. The first-order valence-corrected chi connectivity index (χ1v) is 17.8. The van der Waals surface area contributed by atoms with Gasteiger partial charge in [-0.15, -0.1) is 11.3 Å². The number of likely N-dealkylation sites (tertiary alicyclic amines) is 2. The number of rotatable bonds is 11. The molecule has 280 valence electrons. The first kappa shape index (κ1) is 44.3. The van der Waals surface area contributed by atoms with Gasteiger partial charge < -0.3 is 39.6 Å². The zero-order valence-electron chi connectivity index (χ0n) is 31.3. The molecule has 1 aromatic heterocycles. The van der Waals surface area contributed by atoms with Crippen LogP contribution < -0.4 is 5.73 Å². The molecule has 4 atom stereocenters. The van der Waals surface area contributed by atoms with Gasteiger partial charge >= 0.3 is 11.9 Å². The second kappa shape index (κ2) is 19.0. The lowest BCUT2D eigenvalue weighted by Crippen LogP contribution is -2.45. The van der Waals surface area contributed by atoms with E-state index in [1.807, 2.05) is 46.9 Å². The fourth-order valence-electron chi connectivity index (χ4n) is 4.96. The molecule has 2 aliphatic heterocycles. The number of carbonyl (C=O) groups excluding carboxylic acids is 4. The monoisotopic (exact) mass is 730 g/mol. The van der Waals surface area contributed by atoms with Crippen LogP contribution in [-0.2, 0) is 38.1 Å². The van der Waals surface area contributed by atoms with Crippen LogP contribution in [-0.4, -0.2) is 112 Å². The smallest absolute Gasteiger partial charge is 0.329 e. The maximum atomic E-state index is 12.3. The van der Waals surface area contributed by atoms with Crippen LogP contribution in [0.2, 0.25) is 0 Å². The van der Waals surface area contributed by atoms with Crippen LogP contribution in [0, 0.1) is 12.8 Å². The number of thiazole rings is 1. The van der Waals surface area contributed by atoms with Crippen molar-refractivity contribution in [2.75, 3.05) is 33.9 Å². The Bertz CT molecular complexity index is 1260. The van der Waals surface area contributed by atoms with Gasteiger partial charge in [-0.1, -0.05) is 26.1 Å². The Morgan fingerprint density at radius 3 is 1.69 bits per heavy atom. The number of aryl methyl sites for hydroxylation is 1. The Hall–Kier alpha value is -2.72. The van der Waals surface area contributed by atoms with Crippen molar-refractivity contribution in [2.45, 2.75) is 130 Å². The van der Waals surface area contributed by atoms with Gasteiger partial charge in [-0.05, 0) is 68.2 Å².